The first-order chi connectivity index (χ1) is 14.2. The second-order valence-electron chi connectivity index (χ2n) is 7.63. The van der Waals surface area contributed by atoms with Crippen LogP contribution in [0.15, 0.2) is 72.8 Å². The van der Waals surface area contributed by atoms with Crippen LogP contribution < -0.4 is 10.5 Å². The molecule has 0 heterocycles. The maximum absolute atomic E-state index is 12.6. The van der Waals surface area contributed by atoms with E-state index in [-0.39, 0.29) is 0 Å². The van der Waals surface area contributed by atoms with Crippen molar-refractivity contribution in [1.29, 1.82) is 0 Å². The van der Waals surface area contributed by atoms with Crippen LogP contribution in [-0.2, 0) is 15.6 Å². The predicted octanol–water partition coefficient (Wildman–Crippen LogP) is 3.16. The van der Waals surface area contributed by atoms with Crippen LogP contribution >= 0.6 is 0 Å². The third kappa shape index (κ3) is 3.77. The standard InChI is InChI=1S/3C7H7.2C2H4O2.Sb/c3*1-7-5-3-2-4-6-7;2*1-2(3)4;/h3*3-6H,1H3;2*1H3,(H,3,4);/q;;;;;+2/p-2. The van der Waals surface area contributed by atoms with Crippen LogP contribution in [0.1, 0.15) is 30.5 Å². The summed E-state index contributed by atoms with van der Waals surface area (Å²) in [6.45, 7) is 8.70. The van der Waals surface area contributed by atoms with Crippen molar-refractivity contribution in [2.24, 2.45) is 0 Å². The number of carbonyl (C=O) groups is 2. The molecule has 0 atom stereocenters. The monoisotopic (exact) mass is 512 g/mol. The topological polar surface area (TPSA) is 52.6 Å². The summed E-state index contributed by atoms with van der Waals surface area (Å²) in [5.74, 6) is -0.973. The summed E-state index contributed by atoms with van der Waals surface area (Å²) in [6.07, 6.45) is 0. The molecule has 0 radical (unpaired) electrons. The van der Waals surface area contributed by atoms with Gasteiger partial charge in [0.2, 0.25) is 0 Å². The van der Waals surface area contributed by atoms with E-state index < -0.39 is 30.2 Å². The Bertz CT molecular complexity index is 934. The van der Waals surface area contributed by atoms with Crippen molar-refractivity contribution in [2.45, 2.75) is 34.6 Å². The van der Waals surface area contributed by atoms with Crippen LogP contribution in [0.25, 0.3) is 0 Å². The average molecular weight is 513 g/mol. The van der Waals surface area contributed by atoms with Gasteiger partial charge in [0, 0.05) is 0 Å². The van der Waals surface area contributed by atoms with Crippen molar-refractivity contribution in [3.63, 3.8) is 0 Å². The number of aryl methyl sites for hydroxylation is 3. The van der Waals surface area contributed by atoms with Crippen LogP contribution in [0, 0.1) is 20.8 Å². The van der Waals surface area contributed by atoms with Gasteiger partial charge in [-0.15, -0.1) is 0 Å². The van der Waals surface area contributed by atoms with Gasteiger partial charge in [-0.3, -0.25) is 0 Å². The normalized spacial score (nSPS) is 12.5. The molecule has 0 unspecified atom stereocenters. The zero-order valence-corrected chi connectivity index (χ0v) is 20.6. The SMILES string of the molecule is CC(=O)[O][Sb]([O]C(C)=O)([c]1ccc(C)cc1)([c]1ccc(C)cc1)[c]1ccc(C)cc1. The average Bonchev–Trinajstić information content (AvgIpc) is 2.68. The quantitative estimate of drug-likeness (QED) is 0.493. The molecule has 0 amide bonds. The third-order valence-corrected chi connectivity index (χ3v) is 19.2. The fourth-order valence-corrected chi connectivity index (χ4v) is 16.9. The Kier molecular flexibility index (Phi) is 6.10. The molecule has 0 saturated carbocycles. The van der Waals surface area contributed by atoms with E-state index in [0.717, 1.165) is 27.2 Å². The maximum atomic E-state index is 12.6. The van der Waals surface area contributed by atoms with Gasteiger partial charge in [0.15, 0.2) is 0 Å². The first-order valence-electron chi connectivity index (χ1n) is 9.82. The van der Waals surface area contributed by atoms with E-state index in [2.05, 4.69) is 0 Å². The molecule has 0 aliphatic heterocycles. The molecule has 3 rings (SSSR count). The van der Waals surface area contributed by atoms with Crippen molar-refractivity contribution in [3.05, 3.63) is 89.5 Å². The molecule has 0 saturated heterocycles. The number of rotatable bonds is 5. The Labute approximate surface area is 180 Å². The Hall–Kier alpha value is -2.58. The van der Waals surface area contributed by atoms with Gasteiger partial charge in [-0.2, -0.15) is 0 Å². The van der Waals surface area contributed by atoms with E-state index in [4.69, 9.17) is 6.03 Å². The van der Waals surface area contributed by atoms with Crippen LogP contribution in [0.2, 0.25) is 0 Å². The van der Waals surface area contributed by atoms with Crippen molar-refractivity contribution in [3.8, 4) is 0 Å². The van der Waals surface area contributed by atoms with Gasteiger partial charge in [0.25, 0.3) is 0 Å². The summed E-state index contributed by atoms with van der Waals surface area (Å²) < 4.78 is 14.9. The fourth-order valence-electron chi connectivity index (χ4n) is 3.72. The number of hydrogen-bond acceptors (Lipinski definition) is 4. The van der Waals surface area contributed by atoms with Crippen molar-refractivity contribution < 1.29 is 15.6 Å². The molecule has 0 aromatic heterocycles. The summed E-state index contributed by atoms with van der Waals surface area (Å²) in [6, 6.07) is 23.2. The van der Waals surface area contributed by atoms with E-state index in [0.29, 0.717) is 0 Å². The Morgan fingerprint density at radius 2 is 0.767 bits per heavy atom. The number of carbonyl (C=O) groups excluding carboxylic acids is 2. The van der Waals surface area contributed by atoms with E-state index in [1.165, 1.54) is 13.8 Å². The number of hydrogen-bond donors (Lipinski definition) is 0. The van der Waals surface area contributed by atoms with Gasteiger partial charge >= 0.3 is 180 Å². The molecule has 0 bridgehead atoms. The molecule has 5 heteroatoms. The predicted molar refractivity (Wildman–Crippen MR) is 122 cm³/mol. The summed E-state index contributed by atoms with van der Waals surface area (Å²) in [7, 11) is 0. The second kappa shape index (κ2) is 8.27. The minimum atomic E-state index is -5.52. The van der Waals surface area contributed by atoms with Gasteiger partial charge in [-0.1, -0.05) is 0 Å². The molecule has 0 spiro atoms. The molecule has 0 fully saturated rings. The van der Waals surface area contributed by atoms with E-state index in [1.54, 1.807) is 0 Å². The third-order valence-electron chi connectivity index (χ3n) is 5.11. The first-order valence-corrected chi connectivity index (χ1v) is 15.7. The van der Waals surface area contributed by atoms with Gasteiger partial charge in [-0.25, -0.2) is 0 Å². The van der Waals surface area contributed by atoms with Crippen molar-refractivity contribution in [2.75, 3.05) is 0 Å². The minimum absolute atomic E-state index is 0.486. The van der Waals surface area contributed by atoms with E-state index in [9.17, 15) is 9.59 Å². The van der Waals surface area contributed by atoms with Crippen molar-refractivity contribution in [1.82, 2.24) is 0 Å². The first kappa shape index (κ1) is 22.1. The molecular formula is C25H27O4Sb. The van der Waals surface area contributed by atoms with E-state index >= 15 is 0 Å². The zero-order valence-electron chi connectivity index (χ0n) is 18.0. The van der Waals surface area contributed by atoms with Gasteiger partial charge in [0.05, 0.1) is 0 Å². The van der Waals surface area contributed by atoms with Gasteiger partial charge in [-0.05, 0) is 0 Å². The molecule has 3 aromatic carbocycles. The molecule has 4 nitrogen and oxygen atoms in total. The summed E-state index contributed by atoms with van der Waals surface area (Å²) in [4.78, 5) is 25.2. The zero-order chi connectivity index (χ0) is 22.0. The van der Waals surface area contributed by atoms with Crippen LogP contribution in [0.3, 0.4) is 0 Å². The van der Waals surface area contributed by atoms with Crippen LogP contribution in [-0.4, -0.2) is 30.2 Å². The molecule has 30 heavy (non-hydrogen) atoms. The molecular weight excluding hydrogens is 486 g/mol. The Morgan fingerprint density at radius 1 is 0.533 bits per heavy atom. The van der Waals surface area contributed by atoms with E-state index in [1.807, 2.05) is 93.6 Å². The summed E-state index contributed by atoms with van der Waals surface area (Å²) in [5.41, 5.74) is 3.18. The molecule has 156 valence electrons. The Balaban J connectivity index is 2.57. The summed E-state index contributed by atoms with van der Waals surface area (Å²) >= 11 is -5.52. The number of benzene rings is 3. The molecule has 0 aliphatic carbocycles. The second-order valence-corrected chi connectivity index (χ2v) is 18.6. The molecule has 0 N–H and O–H groups in total. The fraction of sp³-hybridized carbons (Fsp3) is 0.200. The van der Waals surface area contributed by atoms with Gasteiger partial charge < -0.3 is 0 Å². The van der Waals surface area contributed by atoms with Gasteiger partial charge in [0.1, 0.15) is 0 Å². The van der Waals surface area contributed by atoms with Crippen molar-refractivity contribution >= 4 is 40.7 Å². The molecule has 3 aromatic rings. The summed E-state index contributed by atoms with van der Waals surface area (Å²) in [5, 5.41) is 0. The molecule has 0 aliphatic rings. The van der Waals surface area contributed by atoms with Crippen LogP contribution in [0.4, 0.5) is 0 Å². The van der Waals surface area contributed by atoms with Crippen LogP contribution in [0.5, 0.6) is 0 Å². The Morgan fingerprint density at radius 3 is 0.967 bits per heavy atom.